The average molecular weight is 380 g/mol. The SMILES string of the molecule is Cc1cccc(NC(=O)C(C)NC(C)c2sc(-c3ccccc3)nc2C)c1. The third kappa shape index (κ3) is 4.81. The molecule has 3 rings (SSSR count). The molecule has 0 aliphatic heterocycles. The lowest BCUT2D eigenvalue weighted by molar-refractivity contribution is -0.117. The molecule has 0 aliphatic rings. The van der Waals surface area contributed by atoms with Crippen molar-refractivity contribution >= 4 is 22.9 Å². The summed E-state index contributed by atoms with van der Waals surface area (Å²) in [5, 5.41) is 7.37. The molecule has 1 aromatic heterocycles. The average Bonchev–Trinajstić information content (AvgIpc) is 3.04. The number of thiazole rings is 1. The molecule has 0 saturated carbocycles. The minimum absolute atomic E-state index is 0.0400. The van der Waals surface area contributed by atoms with E-state index in [4.69, 9.17) is 4.98 Å². The Hall–Kier alpha value is -2.50. The van der Waals surface area contributed by atoms with Crippen molar-refractivity contribution in [3.8, 4) is 10.6 Å². The molecular formula is C22H25N3OS. The number of carbonyl (C=O) groups excluding carboxylic acids is 1. The Balaban J connectivity index is 1.67. The maximum Gasteiger partial charge on any atom is 0.241 e. The summed E-state index contributed by atoms with van der Waals surface area (Å²) in [6.45, 7) is 7.99. The normalized spacial score (nSPS) is 13.2. The zero-order valence-electron chi connectivity index (χ0n) is 16.1. The van der Waals surface area contributed by atoms with Crippen molar-refractivity contribution < 1.29 is 4.79 Å². The number of hydrogen-bond acceptors (Lipinski definition) is 4. The van der Waals surface area contributed by atoms with Crippen LogP contribution in [0.15, 0.2) is 54.6 Å². The highest BCUT2D eigenvalue weighted by Crippen LogP contribution is 2.31. The highest BCUT2D eigenvalue weighted by atomic mass is 32.1. The Labute approximate surface area is 164 Å². The molecule has 2 atom stereocenters. The molecule has 0 fully saturated rings. The number of hydrogen-bond donors (Lipinski definition) is 2. The number of rotatable bonds is 6. The zero-order valence-corrected chi connectivity index (χ0v) is 16.9. The van der Waals surface area contributed by atoms with E-state index in [-0.39, 0.29) is 18.0 Å². The van der Waals surface area contributed by atoms with Crippen LogP contribution in [-0.4, -0.2) is 16.9 Å². The second-order valence-electron chi connectivity index (χ2n) is 6.80. The van der Waals surface area contributed by atoms with E-state index in [0.29, 0.717) is 0 Å². The van der Waals surface area contributed by atoms with Gasteiger partial charge in [-0.15, -0.1) is 11.3 Å². The van der Waals surface area contributed by atoms with E-state index >= 15 is 0 Å². The Kier molecular flexibility index (Phi) is 6.04. The highest BCUT2D eigenvalue weighted by Gasteiger charge is 2.20. The summed E-state index contributed by atoms with van der Waals surface area (Å²) >= 11 is 1.68. The van der Waals surface area contributed by atoms with E-state index in [9.17, 15) is 4.79 Å². The fourth-order valence-corrected chi connectivity index (χ4v) is 4.10. The van der Waals surface area contributed by atoms with Gasteiger partial charge in [0.2, 0.25) is 5.91 Å². The number of aromatic nitrogens is 1. The number of nitrogens with zero attached hydrogens (tertiary/aromatic N) is 1. The van der Waals surface area contributed by atoms with Crippen molar-refractivity contribution in [2.45, 2.75) is 39.8 Å². The Morgan fingerprint density at radius 2 is 1.78 bits per heavy atom. The van der Waals surface area contributed by atoms with Crippen LogP contribution in [0.5, 0.6) is 0 Å². The smallest absolute Gasteiger partial charge is 0.241 e. The molecule has 0 aliphatic carbocycles. The van der Waals surface area contributed by atoms with E-state index in [0.717, 1.165) is 32.4 Å². The van der Waals surface area contributed by atoms with Gasteiger partial charge in [0.05, 0.1) is 11.7 Å². The Morgan fingerprint density at radius 1 is 1.04 bits per heavy atom. The predicted molar refractivity (Wildman–Crippen MR) is 113 cm³/mol. The molecular weight excluding hydrogens is 354 g/mol. The third-order valence-corrected chi connectivity index (χ3v) is 5.81. The van der Waals surface area contributed by atoms with Gasteiger partial charge in [-0.1, -0.05) is 42.5 Å². The van der Waals surface area contributed by atoms with Crippen LogP contribution in [0.2, 0.25) is 0 Å². The Bertz CT molecular complexity index is 920. The number of nitrogens with one attached hydrogen (secondary N) is 2. The van der Waals surface area contributed by atoms with Crippen molar-refractivity contribution in [2.75, 3.05) is 5.32 Å². The minimum Gasteiger partial charge on any atom is -0.325 e. The van der Waals surface area contributed by atoms with Gasteiger partial charge in [-0.2, -0.15) is 0 Å². The van der Waals surface area contributed by atoms with Crippen LogP contribution in [0, 0.1) is 13.8 Å². The van der Waals surface area contributed by atoms with Crippen molar-refractivity contribution in [1.29, 1.82) is 0 Å². The molecule has 2 unspecified atom stereocenters. The van der Waals surface area contributed by atoms with Crippen LogP contribution in [0.25, 0.3) is 10.6 Å². The predicted octanol–water partition coefficient (Wildman–Crippen LogP) is 5.10. The molecule has 27 heavy (non-hydrogen) atoms. The van der Waals surface area contributed by atoms with Gasteiger partial charge in [-0.25, -0.2) is 4.98 Å². The first kappa shape index (κ1) is 19.3. The molecule has 2 N–H and O–H groups in total. The lowest BCUT2D eigenvalue weighted by Gasteiger charge is -2.19. The number of amides is 1. The summed E-state index contributed by atoms with van der Waals surface area (Å²) in [4.78, 5) is 18.4. The highest BCUT2D eigenvalue weighted by molar-refractivity contribution is 7.15. The summed E-state index contributed by atoms with van der Waals surface area (Å²) in [6.07, 6.45) is 0. The molecule has 5 heteroatoms. The molecule has 0 bridgehead atoms. The molecule has 1 heterocycles. The van der Waals surface area contributed by atoms with Crippen LogP contribution < -0.4 is 10.6 Å². The topological polar surface area (TPSA) is 54.0 Å². The lowest BCUT2D eigenvalue weighted by atomic mass is 10.2. The van der Waals surface area contributed by atoms with Crippen molar-refractivity contribution in [3.63, 3.8) is 0 Å². The second kappa shape index (κ2) is 8.46. The third-order valence-electron chi connectivity index (χ3n) is 4.43. The second-order valence-corrected chi connectivity index (χ2v) is 7.83. The van der Waals surface area contributed by atoms with Gasteiger partial charge in [0.1, 0.15) is 5.01 Å². The summed E-state index contributed by atoms with van der Waals surface area (Å²) in [5.41, 5.74) is 4.07. The van der Waals surface area contributed by atoms with Crippen molar-refractivity contribution in [3.05, 3.63) is 70.7 Å². The first-order valence-electron chi connectivity index (χ1n) is 9.10. The maximum absolute atomic E-state index is 12.5. The molecule has 1 amide bonds. The number of benzene rings is 2. The van der Waals surface area contributed by atoms with Crippen molar-refractivity contribution in [1.82, 2.24) is 10.3 Å². The van der Waals surface area contributed by atoms with E-state index in [1.54, 1.807) is 11.3 Å². The Morgan fingerprint density at radius 3 is 2.48 bits per heavy atom. The van der Waals surface area contributed by atoms with Gasteiger partial charge in [0.15, 0.2) is 0 Å². The van der Waals surface area contributed by atoms with Crippen molar-refractivity contribution in [2.24, 2.45) is 0 Å². The quantitative estimate of drug-likeness (QED) is 0.626. The van der Waals surface area contributed by atoms with Crippen LogP contribution >= 0.6 is 11.3 Å². The van der Waals surface area contributed by atoms with E-state index in [2.05, 4.69) is 29.7 Å². The fraction of sp³-hybridized carbons (Fsp3) is 0.273. The summed E-state index contributed by atoms with van der Waals surface area (Å²) in [5.74, 6) is -0.0436. The molecule has 2 aromatic carbocycles. The standard InChI is InChI=1S/C22H25N3OS/c1-14-9-8-12-19(13-14)25-21(26)17(4)23-15(2)20-16(3)24-22(27-20)18-10-6-5-7-11-18/h5-13,15,17,23H,1-4H3,(H,25,26). The van der Waals surface area contributed by atoms with Crippen LogP contribution in [0.4, 0.5) is 5.69 Å². The van der Waals surface area contributed by atoms with Crippen LogP contribution in [-0.2, 0) is 4.79 Å². The van der Waals surface area contributed by atoms with Gasteiger partial charge in [0, 0.05) is 22.2 Å². The van der Waals surface area contributed by atoms with Crippen LogP contribution in [0.1, 0.15) is 36.0 Å². The minimum atomic E-state index is -0.317. The molecule has 140 valence electrons. The molecule has 0 saturated heterocycles. The number of aryl methyl sites for hydroxylation is 2. The van der Waals surface area contributed by atoms with Crippen LogP contribution in [0.3, 0.4) is 0 Å². The van der Waals surface area contributed by atoms with E-state index in [1.165, 1.54) is 0 Å². The van der Waals surface area contributed by atoms with E-state index in [1.807, 2.05) is 63.2 Å². The number of carbonyl (C=O) groups is 1. The zero-order chi connectivity index (χ0) is 19.4. The molecule has 0 radical (unpaired) electrons. The summed E-state index contributed by atoms with van der Waals surface area (Å²) in [6, 6.07) is 17.7. The van der Waals surface area contributed by atoms with Gasteiger partial charge in [-0.05, 0) is 45.4 Å². The van der Waals surface area contributed by atoms with Gasteiger partial charge < -0.3 is 5.32 Å². The fourth-order valence-electron chi connectivity index (χ4n) is 3.01. The first-order valence-corrected chi connectivity index (χ1v) is 9.92. The molecule has 3 aromatic rings. The van der Waals surface area contributed by atoms with E-state index < -0.39 is 0 Å². The first-order chi connectivity index (χ1) is 12.9. The summed E-state index contributed by atoms with van der Waals surface area (Å²) < 4.78 is 0. The summed E-state index contributed by atoms with van der Waals surface area (Å²) in [7, 11) is 0. The lowest BCUT2D eigenvalue weighted by Crippen LogP contribution is -2.39. The van der Waals surface area contributed by atoms with Gasteiger partial charge in [-0.3, -0.25) is 10.1 Å². The largest absolute Gasteiger partial charge is 0.325 e. The monoisotopic (exact) mass is 379 g/mol. The van der Waals surface area contributed by atoms with Gasteiger partial charge >= 0.3 is 0 Å². The maximum atomic E-state index is 12.5. The molecule has 4 nitrogen and oxygen atoms in total. The molecule has 0 spiro atoms. The van der Waals surface area contributed by atoms with Gasteiger partial charge in [0.25, 0.3) is 0 Å². The number of anilines is 1.